The minimum absolute atomic E-state index is 0.566. The number of hydrogen-bond donors (Lipinski definition) is 2. The van der Waals surface area contributed by atoms with Crippen molar-refractivity contribution >= 4 is 22.6 Å². The Morgan fingerprint density at radius 3 is 2.24 bits per heavy atom. The van der Waals surface area contributed by atoms with E-state index in [4.69, 9.17) is 5.73 Å². The molecule has 92 valence electrons. The highest BCUT2D eigenvalue weighted by molar-refractivity contribution is 7.09. The van der Waals surface area contributed by atoms with Crippen molar-refractivity contribution in [1.82, 2.24) is 9.36 Å². The van der Waals surface area contributed by atoms with Crippen LogP contribution in [0.5, 0.6) is 0 Å². The van der Waals surface area contributed by atoms with Gasteiger partial charge in [0.25, 0.3) is 0 Å². The maximum absolute atomic E-state index is 5.63. The molecule has 0 atom stereocenters. The largest absolute Gasteiger partial charge is 0.374 e. The second-order valence-corrected chi connectivity index (χ2v) is 6.84. The van der Waals surface area contributed by atoms with Gasteiger partial charge < -0.3 is 11.1 Å². The lowest BCUT2D eigenvalue weighted by Crippen LogP contribution is -2.51. The summed E-state index contributed by atoms with van der Waals surface area (Å²) in [5.41, 5.74) is 5.63. The number of aromatic nitrogens is 2. The molecule has 4 bridgehead atoms. The summed E-state index contributed by atoms with van der Waals surface area (Å²) in [6.45, 7) is 0. The summed E-state index contributed by atoms with van der Waals surface area (Å²) >= 11 is 1.28. The van der Waals surface area contributed by atoms with E-state index in [1.54, 1.807) is 0 Å². The SMILES string of the molecule is Nc1nc(NC2C3CC4CC(C3)CC2C4)ns1. The Kier molecular flexibility index (Phi) is 2.13. The number of nitrogen functional groups attached to an aromatic ring is 1. The predicted molar refractivity (Wildman–Crippen MR) is 68.8 cm³/mol. The van der Waals surface area contributed by atoms with Crippen LogP contribution in [-0.2, 0) is 0 Å². The Labute approximate surface area is 105 Å². The lowest BCUT2D eigenvalue weighted by Gasteiger charge is -2.54. The van der Waals surface area contributed by atoms with Crippen LogP contribution in [-0.4, -0.2) is 15.4 Å². The molecule has 0 amide bonds. The van der Waals surface area contributed by atoms with Crippen molar-refractivity contribution in [3.63, 3.8) is 0 Å². The molecular formula is C12H18N4S. The minimum Gasteiger partial charge on any atom is -0.374 e. The molecule has 1 heterocycles. The predicted octanol–water partition coefficient (Wildman–Crippen LogP) is 2.36. The number of nitrogens with two attached hydrogens (primary N) is 1. The van der Waals surface area contributed by atoms with Crippen LogP contribution >= 0.6 is 11.5 Å². The molecule has 5 heteroatoms. The Hall–Kier alpha value is -0.840. The lowest BCUT2D eigenvalue weighted by molar-refractivity contribution is 0.00732. The van der Waals surface area contributed by atoms with Gasteiger partial charge in [0.15, 0.2) is 0 Å². The maximum Gasteiger partial charge on any atom is 0.236 e. The molecule has 0 saturated heterocycles. The molecule has 1 aromatic rings. The highest BCUT2D eigenvalue weighted by atomic mass is 32.1. The van der Waals surface area contributed by atoms with Gasteiger partial charge in [-0.3, -0.25) is 0 Å². The first-order valence-electron chi connectivity index (χ1n) is 6.63. The lowest BCUT2D eigenvalue weighted by atomic mass is 9.54. The van der Waals surface area contributed by atoms with Gasteiger partial charge in [0.2, 0.25) is 11.1 Å². The van der Waals surface area contributed by atoms with Crippen LogP contribution in [0.4, 0.5) is 11.1 Å². The molecule has 0 radical (unpaired) electrons. The normalized spacial score (nSPS) is 42.9. The fraction of sp³-hybridized carbons (Fsp3) is 0.833. The monoisotopic (exact) mass is 250 g/mol. The first kappa shape index (κ1) is 10.1. The maximum atomic E-state index is 5.63. The van der Waals surface area contributed by atoms with Crippen LogP contribution in [0.15, 0.2) is 0 Å². The molecule has 5 rings (SSSR count). The third-order valence-corrected chi connectivity index (χ3v) is 5.51. The molecule has 0 spiro atoms. The molecule has 4 saturated carbocycles. The average molecular weight is 250 g/mol. The number of nitrogens with zero attached hydrogens (tertiary/aromatic N) is 2. The molecule has 1 aromatic heterocycles. The van der Waals surface area contributed by atoms with Gasteiger partial charge in [-0.25, -0.2) is 0 Å². The van der Waals surface area contributed by atoms with Crippen molar-refractivity contribution in [2.24, 2.45) is 23.7 Å². The molecule has 0 aromatic carbocycles. The highest BCUT2D eigenvalue weighted by Gasteiger charge is 2.48. The van der Waals surface area contributed by atoms with Gasteiger partial charge in [-0.2, -0.15) is 9.36 Å². The Morgan fingerprint density at radius 1 is 1.06 bits per heavy atom. The molecule has 0 unspecified atom stereocenters. The second-order valence-electron chi connectivity index (χ2n) is 6.06. The van der Waals surface area contributed by atoms with E-state index in [-0.39, 0.29) is 0 Å². The van der Waals surface area contributed by atoms with E-state index in [1.165, 1.54) is 43.6 Å². The molecule has 3 N–H and O–H groups in total. The van der Waals surface area contributed by atoms with Crippen LogP contribution in [0, 0.1) is 23.7 Å². The summed E-state index contributed by atoms with van der Waals surface area (Å²) in [4.78, 5) is 4.24. The number of anilines is 2. The zero-order valence-electron chi connectivity index (χ0n) is 9.80. The fourth-order valence-electron chi connectivity index (χ4n) is 4.60. The fourth-order valence-corrected chi connectivity index (χ4v) is 5.00. The van der Waals surface area contributed by atoms with Crippen LogP contribution in [0.2, 0.25) is 0 Å². The Morgan fingerprint density at radius 2 is 1.71 bits per heavy atom. The van der Waals surface area contributed by atoms with Crippen molar-refractivity contribution in [3.8, 4) is 0 Å². The van der Waals surface area contributed by atoms with E-state index >= 15 is 0 Å². The van der Waals surface area contributed by atoms with Gasteiger partial charge in [0.05, 0.1) is 0 Å². The molecule has 0 aliphatic heterocycles. The number of hydrogen-bond acceptors (Lipinski definition) is 5. The van der Waals surface area contributed by atoms with Crippen LogP contribution in [0.1, 0.15) is 32.1 Å². The van der Waals surface area contributed by atoms with Crippen molar-refractivity contribution in [2.45, 2.75) is 38.1 Å². The van der Waals surface area contributed by atoms with Crippen molar-refractivity contribution in [3.05, 3.63) is 0 Å². The molecule has 4 aliphatic carbocycles. The average Bonchev–Trinajstić information content (AvgIpc) is 2.68. The summed E-state index contributed by atoms with van der Waals surface area (Å²) in [5.74, 6) is 4.50. The molecule has 17 heavy (non-hydrogen) atoms. The molecular weight excluding hydrogens is 232 g/mol. The zero-order valence-corrected chi connectivity index (χ0v) is 10.6. The molecule has 4 aliphatic rings. The quantitative estimate of drug-likeness (QED) is 0.845. The van der Waals surface area contributed by atoms with E-state index in [1.807, 2.05) is 0 Å². The van der Waals surface area contributed by atoms with Gasteiger partial charge in [0.1, 0.15) is 0 Å². The van der Waals surface area contributed by atoms with Crippen molar-refractivity contribution in [1.29, 1.82) is 0 Å². The first-order chi connectivity index (χ1) is 8.28. The third-order valence-electron chi connectivity index (χ3n) is 4.96. The van der Waals surface area contributed by atoms with E-state index < -0.39 is 0 Å². The van der Waals surface area contributed by atoms with Crippen LogP contribution < -0.4 is 11.1 Å². The molecule has 4 nitrogen and oxygen atoms in total. The summed E-state index contributed by atoms with van der Waals surface area (Å²) < 4.78 is 4.26. The zero-order chi connectivity index (χ0) is 11.4. The van der Waals surface area contributed by atoms with Gasteiger partial charge in [-0.1, -0.05) is 0 Å². The van der Waals surface area contributed by atoms with Crippen molar-refractivity contribution < 1.29 is 0 Å². The Bertz CT molecular complexity index is 402. The highest BCUT2D eigenvalue weighted by Crippen LogP contribution is 2.54. The molecule has 4 fully saturated rings. The summed E-state index contributed by atoms with van der Waals surface area (Å²) in [6, 6.07) is 0.608. The summed E-state index contributed by atoms with van der Waals surface area (Å²) in [7, 11) is 0. The van der Waals surface area contributed by atoms with E-state index in [2.05, 4.69) is 14.7 Å². The summed E-state index contributed by atoms with van der Waals surface area (Å²) in [5, 5.41) is 4.12. The third kappa shape index (κ3) is 1.63. The van der Waals surface area contributed by atoms with Gasteiger partial charge >= 0.3 is 0 Å². The second kappa shape index (κ2) is 3.57. The van der Waals surface area contributed by atoms with Gasteiger partial charge in [-0.05, 0) is 55.8 Å². The van der Waals surface area contributed by atoms with E-state index in [0.29, 0.717) is 11.2 Å². The van der Waals surface area contributed by atoms with Crippen molar-refractivity contribution in [2.75, 3.05) is 11.1 Å². The van der Waals surface area contributed by atoms with E-state index in [0.717, 1.165) is 29.6 Å². The van der Waals surface area contributed by atoms with Crippen LogP contribution in [0.3, 0.4) is 0 Å². The minimum atomic E-state index is 0.566. The number of rotatable bonds is 2. The van der Waals surface area contributed by atoms with E-state index in [9.17, 15) is 0 Å². The summed E-state index contributed by atoms with van der Waals surface area (Å²) in [6.07, 6.45) is 7.19. The first-order valence-corrected chi connectivity index (χ1v) is 7.41. The standard InChI is InChI=1S/C12H18N4S/c13-11-15-12(16-17-11)14-10-8-2-6-1-7(4-8)5-9(10)3-6/h6-10H,1-5H2,(H3,13,14,15,16). The van der Waals surface area contributed by atoms with Gasteiger partial charge in [-0.15, -0.1) is 0 Å². The smallest absolute Gasteiger partial charge is 0.236 e. The Balaban J connectivity index is 1.54. The topological polar surface area (TPSA) is 63.8 Å². The number of nitrogens with one attached hydrogen (secondary N) is 1. The van der Waals surface area contributed by atoms with Crippen LogP contribution in [0.25, 0.3) is 0 Å². The van der Waals surface area contributed by atoms with Gasteiger partial charge in [0, 0.05) is 17.6 Å².